The van der Waals surface area contributed by atoms with Gasteiger partial charge in [-0.05, 0) is 149 Å². The normalized spacial score (nSPS) is 33.5. The van der Waals surface area contributed by atoms with Gasteiger partial charge in [0.15, 0.2) is 0 Å². The molecule has 9 heteroatoms. The molecule has 4 aliphatic rings. The highest BCUT2D eigenvalue weighted by molar-refractivity contribution is 7.99. The van der Waals surface area contributed by atoms with Crippen molar-refractivity contribution < 1.29 is 32.2 Å². The molecular formula is C34H50F5NO2S. The lowest BCUT2D eigenvalue weighted by Crippen LogP contribution is -2.54. The number of phenols is 1. The number of halogens is 5. The zero-order valence-electron chi connectivity index (χ0n) is 25.8. The fourth-order valence-electron chi connectivity index (χ4n) is 9.97. The maximum atomic E-state index is 13.0. The number of hydrogen-bond donors (Lipinski definition) is 2. The van der Waals surface area contributed by atoms with Crippen molar-refractivity contribution in [1.29, 1.82) is 0 Å². The molecule has 0 spiro atoms. The van der Waals surface area contributed by atoms with Gasteiger partial charge in [-0.3, -0.25) is 0 Å². The second-order valence-corrected chi connectivity index (χ2v) is 15.7. The Hall–Kier alpha value is -1.06. The second kappa shape index (κ2) is 12.6. The highest BCUT2D eigenvalue weighted by Crippen LogP contribution is 2.78. The van der Waals surface area contributed by atoms with Gasteiger partial charge in [-0.2, -0.15) is 33.7 Å². The number of unbranched alkanes of at least 4 members (excludes halogenated alkanes) is 2. The van der Waals surface area contributed by atoms with Crippen molar-refractivity contribution in [3.63, 3.8) is 0 Å². The van der Waals surface area contributed by atoms with Crippen molar-refractivity contribution >= 4 is 11.8 Å². The highest BCUT2D eigenvalue weighted by atomic mass is 32.2. The first kappa shape index (κ1) is 33.3. The van der Waals surface area contributed by atoms with E-state index in [2.05, 4.69) is 24.9 Å². The van der Waals surface area contributed by atoms with Crippen LogP contribution in [0, 0.1) is 22.7 Å². The van der Waals surface area contributed by atoms with Crippen LogP contribution in [0.15, 0.2) is 18.2 Å². The molecule has 244 valence electrons. The first-order valence-corrected chi connectivity index (χ1v) is 17.6. The Kier molecular flexibility index (Phi) is 9.77. The summed E-state index contributed by atoms with van der Waals surface area (Å²) in [7, 11) is 2.09. The van der Waals surface area contributed by atoms with Crippen LogP contribution in [0.5, 0.6) is 5.75 Å². The molecule has 3 nitrogen and oxygen atoms in total. The molecule has 0 unspecified atom stereocenters. The van der Waals surface area contributed by atoms with Gasteiger partial charge in [-0.15, -0.1) is 0 Å². The summed E-state index contributed by atoms with van der Waals surface area (Å²) in [5, 5.41) is 21.9. The van der Waals surface area contributed by atoms with Crippen LogP contribution < -0.4 is 0 Å². The van der Waals surface area contributed by atoms with Crippen molar-refractivity contribution in [2.75, 3.05) is 31.6 Å². The molecule has 0 aromatic heterocycles. The minimum atomic E-state index is -5.45. The molecule has 0 radical (unpaired) electrons. The van der Waals surface area contributed by atoms with Crippen molar-refractivity contribution in [1.82, 2.24) is 4.90 Å². The number of alkyl halides is 5. The Morgan fingerprint density at radius 1 is 0.930 bits per heavy atom. The summed E-state index contributed by atoms with van der Waals surface area (Å²) in [5.74, 6) is -1.45. The highest BCUT2D eigenvalue weighted by Gasteiger charge is 2.74. The van der Waals surface area contributed by atoms with E-state index in [9.17, 15) is 32.2 Å². The first-order valence-electron chi connectivity index (χ1n) is 16.5. The Bertz CT molecular complexity index is 1100. The number of hydrogen-bond acceptors (Lipinski definition) is 4. The quantitative estimate of drug-likeness (QED) is 0.159. The molecule has 0 saturated heterocycles. The molecule has 3 fully saturated rings. The Morgan fingerprint density at radius 2 is 1.63 bits per heavy atom. The minimum Gasteiger partial charge on any atom is -0.508 e. The van der Waals surface area contributed by atoms with E-state index in [4.69, 9.17) is 0 Å². The standard InChI is InChI=1S/C34H50F5NO2S/c1-30-13-11-28-27-10-9-26(41)23-25(27)22-24(29(28)31(30)14-16-32(30,42)17-15-31)8-4-3-5-18-40(2)19-7-21-43-20-6-12-33(35,36)34(37,38)39/h9-10,23-24,28-29,41-42H,3-8,11-22H2,1-2H3/t24-,28-,29-,30+,31?,32?/m1/s1. The number of fused-ring (bicyclic) bond motifs is 3. The fraction of sp³-hybridized carbons (Fsp3) is 0.824. The van der Waals surface area contributed by atoms with E-state index in [1.807, 2.05) is 12.1 Å². The van der Waals surface area contributed by atoms with E-state index in [-0.39, 0.29) is 17.3 Å². The Morgan fingerprint density at radius 3 is 2.35 bits per heavy atom. The van der Waals surface area contributed by atoms with Crippen molar-refractivity contribution in [3.05, 3.63) is 29.3 Å². The Labute approximate surface area is 258 Å². The lowest BCUT2D eigenvalue weighted by molar-refractivity contribution is -0.284. The van der Waals surface area contributed by atoms with E-state index >= 15 is 0 Å². The second-order valence-electron chi connectivity index (χ2n) is 14.5. The zero-order chi connectivity index (χ0) is 31.1. The van der Waals surface area contributed by atoms with Crippen molar-refractivity contribution in [3.8, 4) is 5.75 Å². The lowest BCUT2D eigenvalue weighted by atomic mass is 9.45. The number of thioether (sulfide) groups is 1. The molecule has 43 heavy (non-hydrogen) atoms. The molecule has 5 rings (SSSR count). The van der Waals surface area contributed by atoms with Gasteiger partial charge in [0.2, 0.25) is 0 Å². The summed E-state index contributed by atoms with van der Waals surface area (Å²) in [5.41, 5.74) is 2.51. The molecule has 2 N–H and O–H groups in total. The number of rotatable bonds is 14. The molecule has 1 aromatic rings. The molecule has 4 atom stereocenters. The molecule has 0 amide bonds. The van der Waals surface area contributed by atoms with Gasteiger partial charge in [-0.25, -0.2) is 0 Å². The van der Waals surface area contributed by atoms with E-state index < -0.39 is 24.1 Å². The Balaban J connectivity index is 1.06. The lowest BCUT2D eigenvalue weighted by Gasteiger charge is -2.59. The molecular weight excluding hydrogens is 581 g/mol. The summed E-state index contributed by atoms with van der Waals surface area (Å²) >= 11 is 1.45. The van der Waals surface area contributed by atoms with Crippen LogP contribution in [-0.4, -0.2) is 64.5 Å². The van der Waals surface area contributed by atoms with E-state index in [0.717, 1.165) is 83.1 Å². The molecule has 1 aromatic carbocycles. The van der Waals surface area contributed by atoms with E-state index in [0.29, 0.717) is 29.3 Å². The van der Waals surface area contributed by atoms with Crippen LogP contribution in [0.1, 0.15) is 107 Å². The van der Waals surface area contributed by atoms with Gasteiger partial charge in [0, 0.05) is 11.8 Å². The summed E-state index contributed by atoms with van der Waals surface area (Å²) < 4.78 is 62.8. The van der Waals surface area contributed by atoms with Crippen LogP contribution in [0.25, 0.3) is 0 Å². The molecule has 0 aliphatic heterocycles. The van der Waals surface area contributed by atoms with Crippen LogP contribution in [0.3, 0.4) is 0 Å². The summed E-state index contributed by atoms with van der Waals surface area (Å²) in [4.78, 5) is 2.29. The molecule has 4 aliphatic carbocycles. The number of benzene rings is 1. The predicted molar refractivity (Wildman–Crippen MR) is 163 cm³/mol. The SMILES string of the molecule is CN(CCCCC[C@@H]1Cc2cc(O)ccc2[C@H]2CC[C@]3(C)C4(O)CCC3(CC4)[C@H]12)CCCSCCCC(F)(F)C(F)(F)F. The zero-order valence-corrected chi connectivity index (χ0v) is 26.6. The monoisotopic (exact) mass is 631 g/mol. The van der Waals surface area contributed by atoms with Crippen LogP contribution in [-0.2, 0) is 6.42 Å². The molecule has 2 bridgehead atoms. The average molecular weight is 632 g/mol. The van der Waals surface area contributed by atoms with E-state index in [1.54, 1.807) is 0 Å². The maximum Gasteiger partial charge on any atom is 0.453 e. The van der Waals surface area contributed by atoms with Gasteiger partial charge in [-0.1, -0.05) is 25.8 Å². The summed E-state index contributed by atoms with van der Waals surface area (Å²) in [6.45, 7) is 4.28. The van der Waals surface area contributed by atoms with Crippen molar-refractivity contribution in [2.24, 2.45) is 22.7 Å². The third-order valence-electron chi connectivity index (χ3n) is 12.3. The number of nitrogens with zero attached hydrogens (tertiary/aromatic N) is 1. The largest absolute Gasteiger partial charge is 0.508 e. The van der Waals surface area contributed by atoms with Crippen molar-refractivity contribution in [2.45, 2.75) is 120 Å². The molecule has 3 saturated carbocycles. The minimum absolute atomic E-state index is 0.0168. The molecule has 0 heterocycles. The fourth-order valence-corrected chi connectivity index (χ4v) is 10.9. The topological polar surface area (TPSA) is 43.7 Å². The predicted octanol–water partition coefficient (Wildman–Crippen LogP) is 8.96. The average Bonchev–Trinajstić information content (AvgIpc) is 3.31. The number of phenolic OH excluding ortho intramolecular Hbond substituents is 1. The summed E-state index contributed by atoms with van der Waals surface area (Å²) in [6.07, 6.45) is 6.21. The smallest absolute Gasteiger partial charge is 0.453 e. The first-order chi connectivity index (χ1) is 20.2. The summed E-state index contributed by atoms with van der Waals surface area (Å²) in [6, 6.07) is 6.03. The van der Waals surface area contributed by atoms with Gasteiger partial charge in [0.25, 0.3) is 0 Å². The number of aromatic hydroxyl groups is 1. The van der Waals surface area contributed by atoms with Crippen LogP contribution >= 0.6 is 11.8 Å². The maximum absolute atomic E-state index is 13.0. The number of aliphatic hydroxyl groups is 1. The van der Waals surface area contributed by atoms with Gasteiger partial charge in [0.1, 0.15) is 5.75 Å². The van der Waals surface area contributed by atoms with Gasteiger partial charge in [0.05, 0.1) is 5.60 Å². The van der Waals surface area contributed by atoms with Gasteiger partial charge < -0.3 is 15.1 Å². The third kappa shape index (κ3) is 6.22. The van der Waals surface area contributed by atoms with E-state index in [1.165, 1.54) is 35.7 Å². The van der Waals surface area contributed by atoms with Crippen LogP contribution in [0.4, 0.5) is 22.0 Å². The van der Waals surface area contributed by atoms with Gasteiger partial charge >= 0.3 is 12.1 Å². The third-order valence-corrected chi connectivity index (χ3v) is 13.4. The van der Waals surface area contributed by atoms with Crippen LogP contribution in [0.2, 0.25) is 0 Å².